The first-order valence-corrected chi connectivity index (χ1v) is 11.8. The highest BCUT2D eigenvalue weighted by molar-refractivity contribution is 7.84. The van der Waals surface area contributed by atoms with Gasteiger partial charge >= 0.3 is 16.3 Å². The van der Waals surface area contributed by atoms with E-state index >= 15 is 0 Å². The highest BCUT2D eigenvalue weighted by atomic mass is 32.2. The molecular formula is C16H17N5O8S3. The molecule has 0 radical (unpaired) electrons. The van der Waals surface area contributed by atoms with Crippen LogP contribution in [0.15, 0.2) is 28.0 Å². The van der Waals surface area contributed by atoms with E-state index in [-0.39, 0.29) is 20.8 Å². The Balaban J connectivity index is 1.96. The van der Waals surface area contributed by atoms with Gasteiger partial charge in [0.2, 0.25) is 0 Å². The van der Waals surface area contributed by atoms with Crippen molar-refractivity contribution < 1.29 is 36.9 Å². The summed E-state index contributed by atoms with van der Waals surface area (Å²) in [5.74, 6) is -2.82. The smallest absolute Gasteiger partial charge is 0.362 e. The number of nitrogens with zero attached hydrogens (tertiary/aromatic N) is 3. The predicted molar refractivity (Wildman–Crippen MR) is 113 cm³/mol. The number of carbonyl (C=O) groups is 3. The minimum Gasteiger partial charge on any atom is -0.454 e. The van der Waals surface area contributed by atoms with E-state index < -0.39 is 46.3 Å². The number of β-lactam (4-membered cyclic amide) rings is 1. The maximum absolute atomic E-state index is 12.8. The number of carbonyl (C=O) groups excluding carboxylic acids is 3. The van der Waals surface area contributed by atoms with Gasteiger partial charge in [0.25, 0.3) is 11.8 Å². The average Bonchev–Trinajstić information content (AvgIpc) is 3.37. The Labute approximate surface area is 189 Å². The number of hydrogen-bond acceptors (Lipinski definition) is 12. The van der Waals surface area contributed by atoms with Crippen molar-refractivity contribution in [3.63, 3.8) is 0 Å². The number of nitrogens with two attached hydrogens (primary N) is 1. The van der Waals surface area contributed by atoms with Crippen LogP contribution in [0.3, 0.4) is 0 Å². The monoisotopic (exact) mass is 503 g/mol. The third-order valence-corrected chi connectivity index (χ3v) is 6.75. The molecule has 16 heteroatoms. The van der Waals surface area contributed by atoms with Crippen molar-refractivity contribution in [2.45, 2.75) is 25.1 Å². The van der Waals surface area contributed by atoms with E-state index in [1.54, 1.807) is 17.5 Å². The molecule has 0 bridgehead atoms. The molecule has 3 rings (SSSR count). The molecule has 0 spiro atoms. The summed E-state index contributed by atoms with van der Waals surface area (Å²) < 4.78 is 38.6. The highest BCUT2D eigenvalue weighted by Crippen LogP contribution is 2.38. The Morgan fingerprint density at radius 1 is 1.41 bits per heavy atom. The molecule has 13 nitrogen and oxygen atoms in total. The van der Waals surface area contributed by atoms with E-state index in [0.717, 1.165) is 29.6 Å². The van der Waals surface area contributed by atoms with Gasteiger partial charge in [0.15, 0.2) is 16.9 Å². The topological polar surface area (TPSA) is 191 Å². The number of nitrogen functional groups attached to an aromatic ring is 1. The van der Waals surface area contributed by atoms with Crippen LogP contribution in [0.4, 0.5) is 5.13 Å². The van der Waals surface area contributed by atoms with Crippen molar-refractivity contribution in [1.29, 1.82) is 0 Å². The summed E-state index contributed by atoms with van der Waals surface area (Å²) in [6.45, 7) is 1.10. The first kappa shape index (κ1) is 23.6. The Hall–Kier alpha value is -3.08. The number of esters is 1. The largest absolute Gasteiger partial charge is 0.454 e. The number of oxime groups is 1. The molecule has 2 aromatic heterocycles. The number of thiazole rings is 1. The molecule has 3 unspecified atom stereocenters. The average molecular weight is 504 g/mol. The number of hydrogen-bond donors (Lipinski definition) is 3. The molecule has 1 aliphatic rings. The Morgan fingerprint density at radius 3 is 2.62 bits per heavy atom. The number of anilines is 1. The molecule has 0 saturated carbocycles. The number of thiophene rings is 1. The molecule has 3 atom stereocenters. The molecule has 1 saturated heterocycles. The summed E-state index contributed by atoms with van der Waals surface area (Å²) in [7, 11) is -3.83. The second kappa shape index (κ2) is 9.19. The van der Waals surface area contributed by atoms with Gasteiger partial charge in [-0.25, -0.2) is 9.29 Å². The summed E-state index contributed by atoms with van der Waals surface area (Å²) in [6.07, 6.45) is -1.28. The fourth-order valence-corrected chi connectivity index (χ4v) is 5.25. The second-order valence-electron chi connectivity index (χ2n) is 6.29. The van der Waals surface area contributed by atoms with Gasteiger partial charge < -0.3 is 20.6 Å². The van der Waals surface area contributed by atoms with Gasteiger partial charge in [-0.1, -0.05) is 11.2 Å². The molecule has 32 heavy (non-hydrogen) atoms. The number of nitrogens with one attached hydrogen (secondary N) is 1. The second-order valence-corrected chi connectivity index (χ2v) is 9.45. The van der Waals surface area contributed by atoms with E-state index in [1.807, 2.05) is 0 Å². The van der Waals surface area contributed by atoms with E-state index in [0.29, 0.717) is 4.88 Å². The number of aromatic nitrogens is 1. The zero-order valence-corrected chi connectivity index (χ0v) is 18.9. The van der Waals surface area contributed by atoms with Crippen LogP contribution in [0.1, 0.15) is 23.6 Å². The Kier molecular flexibility index (Phi) is 6.77. The van der Waals surface area contributed by atoms with E-state index in [1.165, 1.54) is 12.5 Å². The minimum atomic E-state index is -5.02. The van der Waals surface area contributed by atoms with Crippen LogP contribution >= 0.6 is 22.7 Å². The predicted octanol–water partition coefficient (Wildman–Crippen LogP) is -0.0599. The van der Waals surface area contributed by atoms with Crippen molar-refractivity contribution in [2.24, 2.45) is 5.16 Å². The molecule has 172 valence electrons. The lowest BCUT2D eigenvalue weighted by atomic mass is 9.92. The van der Waals surface area contributed by atoms with Crippen LogP contribution in [0.25, 0.3) is 0 Å². The maximum atomic E-state index is 12.8. The van der Waals surface area contributed by atoms with E-state index in [9.17, 15) is 27.4 Å². The molecular weight excluding hydrogens is 486 g/mol. The maximum Gasteiger partial charge on any atom is 0.362 e. The first-order valence-electron chi connectivity index (χ1n) is 8.69. The van der Waals surface area contributed by atoms with Crippen LogP contribution in [0.5, 0.6) is 0 Å². The number of rotatable bonds is 8. The minimum absolute atomic E-state index is 0.0663. The van der Waals surface area contributed by atoms with Crippen LogP contribution in [0.2, 0.25) is 0 Å². The van der Waals surface area contributed by atoms with Crippen molar-refractivity contribution in [1.82, 2.24) is 14.6 Å². The lowest BCUT2D eigenvalue weighted by Crippen LogP contribution is -2.74. The van der Waals surface area contributed by atoms with Crippen LogP contribution in [-0.4, -0.2) is 64.9 Å². The normalized spacial score (nSPS) is 19.8. The van der Waals surface area contributed by atoms with Crippen molar-refractivity contribution in [3.8, 4) is 0 Å². The van der Waals surface area contributed by atoms with Gasteiger partial charge in [-0.05, 0) is 11.4 Å². The number of ether oxygens (including phenoxy) is 1. The molecule has 0 aliphatic carbocycles. The third kappa shape index (κ3) is 4.72. The summed E-state index contributed by atoms with van der Waals surface area (Å²) in [6, 6.07) is 0.248. The van der Waals surface area contributed by atoms with Gasteiger partial charge in [0.1, 0.15) is 24.9 Å². The van der Waals surface area contributed by atoms with Gasteiger partial charge in [-0.3, -0.25) is 18.9 Å². The number of amides is 2. The van der Waals surface area contributed by atoms with Gasteiger partial charge in [-0.15, -0.1) is 22.7 Å². The Morgan fingerprint density at radius 2 is 2.12 bits per heavy atom. The zero-order valence-electron chi connectivity index (χ0n) is 16.5. The third-order valence-electron chi connectivity index (χ3n) is 4.22. The zero-order chi connectivity index (χ0) is 23.6. The highest BCUT2D eigenvalue weighted by Gasteiger charge is 2.59. The molecule has 1 aliphatic heterocycles. The van der Waals surface area contributed by atoms with Gasteiger partial charge in [0.05, 0.1) is 0 Å². The summed E-state index contributed by atoms with van der Waals surface area (Å²) in [5, 5.41) is 9.18. The van der Waals surface area contributed by atoms with Gasteiger partial charge in [0, 0.05) is 17.2 Å². The van der Waals surface area contributed by atoms with Crippen LogP contribution in [0, 0.1) is 0 Å². The van der Waals surface area contributed by atoms with E-state index in [4.69, 9.17) is 10.5 Å². The van der Waals surface area contributed by atoms with Crippen LogP contribution < -0.4 is 11.1 Å². The first-order chi connectivity index (χ1) is 15.0. The molecule has 0 aromatic carbocycles. The molecule has 1 fully saturated rings. The fourth-order valence-electron chi connectivity index (χ4n) is 3.03. The van der Waals surface area contributed by atoms with Crippen LogP contribution in [-0.2, 0) is 34.3 Å². The molecule has 2 aromatic rings. The lowest BCUT2D eigenvalue weighted by Gasteiger charge is -2.46. The standard InChI is InChI=1S/C16H17N5O8S3/c1-7(22)29-13(9-4-3-5-30-9)12-11(15(24)21(12)32(25,26)27)19-14(23)10(20-28-2)8-6-31-16(17)18-8/h3-6,11-13H,1-2H3,(H2,17,18)(H,19,23)(H,25,26,27). The summed E-state index contributed by atoms with van der Waals surface area (Å²) >= 11 is 2.16. The molecule has 2 amide bonds. The molecule has 4 N–H and O–H groups in total. The molecule has 3 heterocycles. The lowest BCUT2D eigenvalue weighted by molar-refractivity contribution is -0.163. The van der Waals surface area contributed by atoms with Gasteiger partial charge in [-0.2, -0.15) is 8.42 Å². The van der Waals surface area contributed by atoms with Crippen molar-refractivity contribution >= 4 is 61.6 Å². The summed E-state index contributed by atoms with van der Waals surface area (Å²) in [5.41, 5.74) is 5.32. The van der Waals surface area contributed by atoms with Crippen molar-refractivity contribution in [3.05, 3.63) is 33.5 Å². The van der Waals surface area contributed by atoms with E-state index in [2.05, 4.69) is 20.3 Å². The Bertz CT molecular complexity index is 1160. The fraction of sp³-hybridized carbons (Fsp3) is 0.312. The SMILES string of the molecule is CON=C(C(=O)NC1C(=O)N(S(=O)(=O)O)C1C(OC(C)=O)c1cccs1)c1csc(N)n1. The quantitative estimate of drug-likeness (QED) is 0.145. The van der Waals surface area contributed by atoms with Crippen molar-refractivity contribution in [2.75, 3.05) is 12.8 Å². The summed E-state index contributed by atoms with van der Waals surface area (Å²) in [4.78, 5) is 46.1.